The summed E-state index contributed by atoms with van der Waals surface area (Å²) in [4.78, 5) is 24.0. The molecule has 2 N–H and O–H groups in total. The molecular weight excluding hydrogens is 489 g/mol. The Bertz CT molecular complexity index is 1050. The lowest BCUT2D eigenvalue weighted by atomic mass is 9.91. The van der Waals surface area contributed by atoms with Gasteiger partial charge in [0, 0.05) is 40.7 Å². The third kappa shape index (κ3) is 4.83. The van der Waals surface area contributed by atoms with Gasteiger partial charge in [0.05, 0.1) is 5.52 Å². The molecule has 7 heteroatoms. The number of amides is 1. The summed E-state index contributed by atoms with van der Waals surface area (Å²) in [5.74, 6) is 1.60. The minimum Gasteiger partial charge on any atom is -0.362 e. The fraction of sp³-hybridized carbons (Fsp3) is 0.348. The van der Waals surface area contributed by atoms with E-state index in [1.165, 1.54) is 0 Å². The third-order valence-electron chi connectivity index (χ3n) is 5.49. The molecule has 0 saturated heterocycles. The van der Waals surface area contributed by atoms with Crippen LogP contribution in [0.1, 0.15) is 36.0 Å². The molecule has 0 spiro atoms. The van der Waals surface area contributed by atoms with Gasteiger partial charge in [-0.15, -0.1) is 0 Å². The van der Waals surface area contributed by atoms with Gasteiger partial charge < -0.3 is 15.5 Å². The SMILES string of the molecule is CN(C)c1nc(N[C@H]2CC[C@@H](NC(=O)c3cccc(I)c3)CC2)nc2ccccc12. The van der Waals surface area contributed by atoms with E-state index in [4.69, 9.17) is 9.97 Å². The van der Waals surface area contributed by atoms with Gasteiger partial charge in [-0.25, -0.2) is 4.98 Å². The van der Waals surface area contributed by atoms with Crippen LogP contribution in [0.4, 0.5) is 11.8 Å². The van der Waals surface area contributed by atoms with Crippen molar-refractivity contribution in [1.82, 2.24) is 15.3 Å². The first-order valence-electron chi connectivity index (χ1n) is 10.3. The molecule has 4 rings (SSSR count). The molecule has 1 fully saturated rings. The van der Waals surface area contributed by atoms with Gasteiger partial charge in [0.1, 0.15) is 5.82 Å². The van der Waals surface area contributed by atoms with Gasteiger partial charge in [-0.3, -0.25) is 4.79 Å². The second-order valence-electron chi connectivity index (χ2n) is 7.96. The molecule has 0 radical (unpaired) electrons. The van der Waals surface area contributed by atoms with Gasteiger partial charge in [-0.2, -0.15) is 4.98 Å². The fourth-order valence-corrected chi connectivity index (χ4v) is 4.47. The molecule has 1 saturated carbocycles. The lowest BCUT2D eigenvalue weighted by Gasteiger charge is -2.30. The highest BCUT2D eigenvalue weighted by atomic mass is 127. The Labute approximate surface area is 190 Å². The largest absolute Gasteiger partial charge is 0.362 e. The number of benzene rings is 2. The predicted molar refractivity (Wildman–Crippen MR) is 130 cm³/mol. The van der Waals surface area contributed by atoms with E-state index in [0.29, 0.717) is 12.0 Å². The number of nitrogens with one attached hydrogen (secondary N) is 2. The molecule has 1 amide bonds. The van der Waals surface area contributed by atoms with E-state index in [9.17, 15) is 4.79 Å². The van der Waals surface area contributed by atoms with Gasteiger partial charge in [0.2, 0.25) is 5.95 Å². The van der Waals surface area contributed by atoms with E-state index in [1.54, 1.807) is 0 Å². The molecule has 156 valence electrons. The number of hydrogen-bond donors (Lipinski definition) is 2. The number of carbonyl (C=O) groups is 1. The molecule has 0 bridgehead atoms. The Morgan fingerprint density at radius 2 is 1.73 bits per heavy atom. The van der Waals surface area contributed by atoms with Gasteiger partial charge in [0.15, 0.2) is 0 Å². The van der Waals surface area contributed by atoms with Crippen molar-refractivity contribution in [3.63, 3.8) is 0 Å². The topological polar surface area (TPSA) is 70.2 Å². The molecule has 6 nitrogen and oxygen atoms in total. The van der Waals surface area contributed by atoms with Crippen LogP contribution in [-0.2, 0) is 0 Å². The molecule has 1 heterocycles. The van der Waals surface area contributed by atoms with Gasteiger partial charge in [-0.1, -0.05) is 18.2 Å². The van der Waals surface area contributed by atoms with Crippen LogP contribution in [0.15, 0.2) is 48.5 Å². The highest BCUT2D eigenvalue weighted by Gasteiger charge is 2.24. The van der Waals surface area contributed by atoms with E-state index in [-0.39, 0.29) is 11.9 Å². The maximum absolute atomic E-state index is 12.5. The van der Waals surface area contributed by atoms with E-state index >= 15 is 0 Å². The Morgan fingerprint density at radius 1 is 1.00 bits per heavy atom. The van der Waals surface area contributed by atoms with E-state index in [0.717, 1.165) is 51.5 Å². The molecule has 0 unspecified atom stereocenters. The molecule has 0 aliphatic heterocycles. The molecule has 0 atom stereocenters. The first kappa shape index (κ1) is 20.8. The zero-order chi connectivity index (χ0) is 21.1. The molecule has 3 aromatic rings. The van der Waals surface area contributed by atoms with Crippen LogP contribution >= 0.6 is 22.6 Å². The molecule has 2 aromatic carbocycles. The molecule has 1 aliphatic carbocycles. The van der Waals surface area contributed by atoms with Crippen LogP contribution in [0, 0.1) is 3.57 Å². The number of hydrogen-bond acceptors (Lipinski definition) is 5. The fourth-order valence-electron chi connectivity index (χ4n) is 3.93. The normalized spacial score (nSPS) is 18.8. The number of rotatable bonds is 5. The van der Waals surface area contributed by atoms with E-state index in [2.05, 4.69) is 39.3 Å². The number of halogens is 1. The van der Waals surface area contributed by atoms with Crippen molar-refractivity contribution in [3.05, 3.63) is 57.7 Å². The minimum atomic E-state index is 0.0124. The lowest BCUT2D eigenvalue weighted by Crippen LogP contribution is -2.40. The summed E-state index contributed by atoms with van der Waals surface area (Å²) in [7, 11) is 4.00. The van der Waals surface area contributed by atoms with Crippen LogP contribution in [0.3, 0.4) is 0 Å². The molecule has 1 aliphatic rings. The van der Waals surface area contributed by atoms with Crippen molar-refractivity contribution < 1.29 is 4.79 Å². The van der Waals surface area contributed by atoms with Gasteiger partial charge >= 0.3 is 0 Å². The summed E-state index contributed by atoms with van der Waals surface area (Å²) >= 11 is 2.23. The highest BCUT2D eigenvalue weighted by molar-refractivity contribution is 14.1. The average molecular weight is 515 g/mol. The van der Waals surface area contributed by atoms with Crippen LogP contribution in [0.2, 0.25) is 0 Å². The number of fused-ring (bicyclic) bond motifs is 1. The average Bonchev–Trinajstić information content (AvgIpc) is 2.74. The number of aromatic nitrogens is 2. The van der Waals surface area contributed by atoms with Crippen LogP contribution in [0.25, 0.3) is 10.9 Å². The van der Waals surface area contributed by atoms with Crippen LogP contribution in [-0.4, -0.2) is 42.1 Å². The maximum Gasteiger partial charge on any atom is 0.251 e. The zero-order valence-corrected chi connectivity index (χ0v) is 19.4. The van der Waals surface area contributed by atoms with Crippen molar-refractivity contribution in [2.75, 3.05) is 24.3 Å². The smallest absolute Gasteiger partial charge is 0.251 e. The number of para-hydroxylation sites is 1. The highest BCUT2D eigenvalue weighted by Crippen LogP contribution is 2.26. The Morgan fingerprint density at radius 3 is 2.47 bits per heavy atom. The van der Waals surface area contributed by atoms with Crippen molar-refractivity contribution in [2.24, 2.45) is 0 Å². The maximum atomic E-state index is 12.5. The summed E-state index contributed by atoms with van der Waals surface area (Å²) in [6.07, 6.45) is 3.85. The van der Waals surface area contributed by atoms with Crippen LogP contribution < -0.4 is 15.5 Å². The standard InChI is InChI=1S/C23H26IN5O/c1-29(2)21-19-8-3-4-9-20(19)27-23(28-21)26-18-12-10-17(11-13-18)25-22(30)15-6-5-7-16(24)14-15/h3-9,14,17-18H,10-13H2,1-2H3,(H,25,30)(H,26,27,28)/t17-,18+. The van der Waals surface area contributed by atoms with Crippen molar-refractivity contribution in [1.29, 1.82) is 0 Å². The second-order valence-corrected chi connectivity index (χ2v) is 9.20. The van der Waals surface area contributed by atoms with Gasteiger partial charge in [-0.05, 0) is 78.6 Å². The minimum absolute atomic E-state index is 0.0124. The lowest BCUT2D eigenvalue weighted by molar-refractivity contribution is 0.0926. The Balaban J connectivity index is 1.37. The summed E-state index contributed by atoms with van der Waals surface area (Å²) in [5.41, 5.74) is 1.67. The first-order chi connectivity index (χ1) is 14.5. The Hall–Kier alpha value is -2.42. The number of nitrogens with zero attached hydrogens (tertiary/aromatic N) is 3. The van der Waals surface area contributed by atoms with E-state index in [1.807, 2.05) is 61.5 Å². The third-order valence-corrected chi connectivity index (χ3v) is 6.16. The Kier molecular flexibility index (Phi) is 6.36. The predicted octanol–water partition coefficient (Wildman–Crippen LogP) is 4.45. The number of carbonyl (C=O) groups excluding carboxylic acids is 1. The molecule has 30 heavy (non-hydrogen) atoms. The van der Waals surface area contributed by atoms with Crippen molar-refractivity contribution in [3.8, 4) is 0 Å². The summed E-state index contributed by atoms with van der Waals surface area (Å²) in [6, 6.07) is 16.3. The summed E-state index contributed by atoms with van der Waals surface area (Å²) < 4.78 is 1.07. The molecular formula is C23H26IN5O. The monoisotopic (exact) mass is 515 g/mol. The molecule has 1 aromatic heterocycles. The summed E-state index contributed by atoms with van der Waals surface area (Å²) in [6.45, 7) is 0. The summed E-state index contributed by atoms with van der Waals surface area (Å²) in [5, 5.41) is 7.76. The number of anilines is 2. The van der Waals surface area contributed by atoms with Crippen molar-refractivity contribution in [2.45, 2.75) is 37.8 Å². The second kappa shape index (κ2) is 9.16. The first-order valence-corrected chi connectivity index (χ1v) is 11.3. The van der Waals surface area contributed by atoms with E-state index < -0.39 is 0 Å². The zero-order valence-electron chi connectivity index (χ0n) is 17.2. The van der Waals surface area contributed by atoms with Crippen molar-refractivity contribution >= 4 is 51.2 Å². The quantitative estimate of drug-likeness (QED) is 0.492. The van der Waals surface area contributed by atoms with Crippen LogP contribution in [0.5, 0.6) is 0 Å². The van der Waals surface area contributed by atoms with Gasteiger partial charge in [0.25, 0.3) is 5.91 Å².